The molecule has 3 rings (SSSR count). The number of halogens is 2. The molecule has 1 aliphatic rings. The lowest BCUT2D eigenvalue weighted by atomic mass is 10.1. The van der Waals surface area contributed by atoms with E-state index < -0.39 is 5.91 Å². The molecule has 1 aromatic carbocycles. The second-order valence-corrected chi connectivity index (χ2v) is 8.14. The van der Waals surface area contributed by atoms with Crippen molar-refractivity contribution in [3.05, 3.63) is 44.9 Å². The van der Waals surface area contributed by atoms with Gasteiger partial charge in [-0.2, -0.15) is 0 Å². The fourth-order valence-electron chi connectivity index (χ4n) is 3.06. The number of carbonyl (C=O) groups is 2. The van der Waals surface area contributed by atoms with E-state index in [2.05, 4.69) is 27.6 Å². The molecule has 1 saturated heterocycles. The van der Waals surface area contributed by atoms with Crippen LogP contribution < -0.4 is 10.6 Å². The Labute approximate surface area is 171 Å². The number of nitrogens with zero attached hydrogens (tertiary/aromatic N) is 2. The van der Waals surface area contributed by atoms with E-state index in [-0.39, 0.29) is 16.6 Å². The Bertz CT molecular complexity index is 843. The largest absolute Gasteiger partial charge is 0.351 e. The Morgan fingerprint density at radius 2 is 2.15 bits per heavy atom. The van der Waals surface area contributed by atoms with Crippen molar-refractivity contribution in [3.8, 4) is 0 Å². The van der Waals surface area contributed by atoms with Gasteiger partial charge in [0, 0.05) is 23.0 Å². The number of anilines is 1. The zero-order chi connectivity index (χ0) is 19.4. The van der Waals surface area contributed by atoms with Gasteiger partial charge in [-0.15, -0.1) is 11.3 Å². The van der Waals surface area contributed by atoms with Crippen molar-refractivity contribution in [2.45, 2.75) is 25.3 Å². The molecule has 2 aromatic rings. The smallest absolute Gasteiger partial charge is 0.270 e. The quantitative estimate of drug-likeness (QED) is 0.733. The number of amides is 2. The second-order valence-electron chi connectivity index (χ2n) is 6.44. The van der Waals surface area contributed by atoms with Gasteiger partial charge in [-0.25, -0.2) is 4.98 Å². The molecule has 2 heterocycles. The summed E-state index contributed by atoms with van der Waals surface area (Å²) in [5, 5.41) is 8.21. The highest BCUT2D eigenvalue weighted by Gasteiger charge is 2.21. The molecule has 0 saturated carbocycles. The Morgan fingerprint density at radius 1 is 1.33 bits per heavy atom. The molecule has 2 amide bonds. The van der Waals surface area contributed by atoms with E-state index in [1.54, 1.807) is 17.5 Å². The Balaban J connectivity index is 1.52. The van der Waals surface area contributed by atoms with Crippen molar-refractivity contribution < 1.29 is 9.59 Å². The van der Waals surface area contributed by atoms with Gasteiger partial charge in [0.2, 0.25) is 0 Å². The summed E-state index contributed by atoms with van der Waals surface area (Å²) >= 11 is 13.1. The molecular weight excluding hydrogens is 407 g/mol. The standard InChI is InChI=1S/C18H20Cl2N4O2S/c1-24-8-2-3-12(24)6-7-21-17(26)15-10-27-18(22-15)23-16(25)13-5-4-11(19)9-14(13)20/h4-5,9-10,12H,2-3,6-8H2,1H3,(H,21,26)(H,22,23,25)/t12-/m0/s1. The SMILES string of the molecule is CN1CCC[C@H]1CCNC(=O)c1csc(NC(=O)c2ccc(Cl)cc2Cl)n1. The molecule has 0 bridgehead atoms. The third-order valence-corrected chi connectivity index (χ3v) is 5.87. The fourth-order valence-corrected chi connectivity index (χ4v) is 4.24. The van der Waals surface area contributed by atoms with Crippen LogP contribution in [0.3, 0.4) is 0 Å². The molecule has 1 fully saturated rings. The van der Waals surface area contributed by atoms with Crippen molar-refractivity contribution in [2.24, 2.45) is 0 Å². The van der Waals surface area contributed by atoms with E-state index in [1.807, 2.05) is 0 Å². The number of thiazole rings is 1. The Kier molecular flexibility index (Phi) is 6.70. The molecule has 0 aliphatic carbocycles. The Morgan fingerprint density at radius 3 is 2.85 bits per heavy atom. The van der Waals surface area contributed by atoms with Crippen LogP contribution in [0.5, 0.6) is 0 Å². The maximum atomic E-state index is 12.3. The summed E-state index contributed by atoms with van der Waals surface area (Å²) in [6.07, 6.45) is 3.30. The number of likely N-dealkylation sites (tertiary alicyclic amines) is 1. The maximum absolute atomic E-state index is 12.3. The predicted molar refractivity (Wildman–Crippen MR) is 109 cm³/mol. The summed E-state index contributed by atoms with van der Waals surface area (Å²) in [4.78, 5) is 31.0. The van der Waals surface area contributed by atoms with Crippen LogP contribution in [-0.2, 0) is 0 Å². The molecule has 1 aliphatic heterocycles. The first-order chi connectivity index (χ1) is 12.9. The van der Waals surface area contributed by atoms with Crippen LogP contribution in [0.25, 0.3) is 0 Å². The molecule has 6 nitrogen and oxygen atoms in total. The summed E-state index contributed by atoms with van der Waals surface area (Å²) in [6, 6.07) is 5.16. The number of hydrogen-bond donors (Lipinski definition) is 2. The molecule has 1 atom stereocenters. The third kappa shape index (κ3) is 5.19. The minimum Gasteiger partial charge on any atom is -0.351 e. The monoisotopic (exact) mass is 426 g/mol. The van der Waals surface area contributed by atoms with Crippen molar-refractivity contribution in [1.82, 2.24) is 15.2 Å². The number of nitrogens with one attached hydrogen (secondary N) is 2. The highest BCUT2D eigenvalue weighted by Crippen LogP contribution is 2.23. The van der Waals surface area contributed by atoms with Crippen molar-refractivity contribution in [2.75, 3.05) is 25.5 Å². The highest BCUT2D eigenvalue weighted by atomic mass is 35.5. The van der Waals surface area contributed by atoms with Gasteiger partial charge in [-0.05, 0) is 51.1 Å². The second kappa shape index (κ2) is 9.01. The predicted octanol–water partition coefficient (Wildman–Crippen LogP) is 3.92. The van der Waals surface area contributed by atoms with Gasteiger partial charge in [0.25, 0.3) is 11.8 Å². The van der Waals surface area contributed by atoms with E-state index in [9.17, 15) is 9.59 Å². The van der Waals surface area contributed by atoms with Crippen LogP contribution in [0.15, 0.2) is 23.6 Å². The van der Waals surface area contributed by atoms with Crippen LogP contribution >= 0.6 is 34.5 Å². The zero-order valence-corrected chi connectivity index (χ0v) is 17.1. The molecule has 2 N–H and O–H groups in total. The van der Waals surface area contributed by atoms with Crippen LogP contribution in [-0.4, -0.2) is 47.9 Å². The van der Waals surface area contributed by atoms with Gasteiger partial charge in [0.15, 0.2) is 5.13 Å². The van der Waals surface area contributed by atoms with E-state index in [1.165, 1.54) is 30.2 Å². The molecule has 27 heavy (non-hydrogen) atoms. The number of aromatic nitrogens is 1. The molecule has 1 aromatic heterocycles. The average molecular weight is 427 g/mol. The molecule has 144 valence electrons. The van der Waals surface area contributed by atoms with E-state index in [0.717, 1.165) is 13.0 Å². The molecule has 9 heteroatoms. The fraction of sp³-hybridized carbons (Fsp3) is 0.389. The van der Waals surface area contributed by atoms with Crippen LogP contribution in [0.4, 0.5) is 5.13 Å². The summed E-state index contributed by atoms with van der Waals surface area (Å²) in [6.45, 7) is 1.72. The third-order valence-electron chi connectivity index (χ3n) is 4.57. The number of benzene rings is 1. The maximum Gasteiger partial charge on any atom is 0.270 e. The van der Waals surface area contributed by atoms with E-state index >= 15 is 0 Å². The van der Waals surface area contributed by atoms with Gasteiger partial charge in [0.1, 0.15) is 5.69 Å². The number of hydrogen-bond acceptors (Lipinski definition) is 5. The van der Waals surface area contributed by atoms with Crippen molar-refractivity contribution in [3.63, 3.8) is 0 Å². The zero-order valence-electron chi connectivity index (χ0n) is 14.8. The summed E-state index contributed by atoms with van der Waals surface area (Å²) < 4.78 is 0. The number of carbonyl (C=O) groups excluding carboxylic acids is 2. The Hall–Kier alpha value is -1.67. The summed E-state index contributed by atoms with van der Waals surface area (Å²) in [7, 11) is 2.11. The first-order valence-corrected chi connectivity index (χ1v) is 10.3. The molecule has 0 unspecified atom stereocenters. The molecule has 0 radical (unpaired) electrons. The lowest BCUT2D eigenvalue weighted by Crippen LogP contribution is -2.31. The van der Waals surface area contributed by atoms with Gasteiger partial charge in [0.05, 0.1) is 10.6 Å². The first-order valence-electron chi connectivity index (χ1n) is 8.64. The summed E-state index contributed by atoms with van der Waals surface area (Å²) in [5.74, 6) is -0.640. The average Bonchev–Trinajstić information content (AvgIpc) is 3.24. The topological polar surface area (TPSA) is 74.3 Å². The highest BCUT2D eigenvalue weighted by molar-refractivity contribution is 7.14. The van der Waals surface area contributed by atoms with E-state index in [4.69, 9.17) is 23.2 Å². The van der Waals surface area contributed by atoms with Crippen LogP contribution in [0.1, 0.15) is 40.1 Å². The minimum absolute atomic E-state index is 0.239. The molecule has 0 spiro atoms. The lowest BCUT2D eigenvalue weighted by Gasteiger charge is -2.19. The minimum atomic E-state index is -0.401. The van der Waals surface area contributed by atoms with Gasteiger partial charge < -0.3 is 10.2 Å². The van der Waals surface area contributed by atoms with Gasteiger partial charge in [-0.3, -0.25) is 14.9 Å². The lowest BCUT2D eigenvalue weighted by molar-refractivity contribution is 0.0944. The van der Waals surface area contributed by atoms with Gasteiger partial charge >= 0.3 is 0 Å². The number of rotatable bonds is 6. The van der Waals surface area contributed by atoms with E-state index in [0.29, 0.717) is 28.3 Å². The van der Waals surface area contributed by atoms with Gasteiger partial charge in [-0.1, -0.05) is 23.2 Å². The van der Waals surface area contributed by atoms with Crippen molar-refractivity contribution >= 4 is 51.5 Å². The molecular formula is C18H20Cl2N4O2S. The van der Waals surface area contributed by atoms with Crippen LogP contribution in [0.2, 0.25) is 10.0 Å². The summed E-state index contributed by atoms with van der Waals surface area (Å²) in [5.41, 5.74) is 0.584. The normalized spacial score (nSPS) is 17.1. The van der Waals surface area contributed by atoms with Crippen LogP contribution in [0, 0.1) is 0 Å². The first kappa shape index (κ1) is 20.1. The van der Waals surface area contributed by atoms with Crippen molar-refractivity contribution in [1.29, 1.82) is 0 Å².